The summed E-state index contributed by atoms with van der Waals surface area (Å²) in [5, 5.41) is 0. The number of fused-ring (bicyclic) bond motifs is 1. The summed E-state index contributed by atoms with van der Waals surface area (Å²) in [7, 11) is -2.35. The SMILES string of the molecule is COCCn1c(=NC(=O)CS(=O)(=O)CC(=O)N2CCOCC2)sc2cc(Br)ccc21. The molecule has 2 heterocycles. The second-order valence-corrected chi connectivity index (χ2v) is 10.7. The number of benzene rings is 1. The zero-order chi connectivity index (χ0) is 21.7. The van der Waals surface area contributed by atoms with Gasteiger partial charge in [-0.3, -0.25) is 9.59 Å². The lowest BCUT2D eigenvalue weighted by molar-refractivity contribution is -0.132. The number of carbonyl (C=O) groups is 2. The number of nitrogens with zero attached hydrogens (tertiary/aromatic N) is 3. The van der Waals surface area contributed by atoms with E-state index in [1.165, 1.54) is 16.2 Å². The van der Waals surface area contributed by atoms with E-state index in [0.717, 1.165) is 14.7 Å². The van der Waals surface area contributed by atoms with Gasteiger partial charge < -0.3 is 18.9 Å². The number of morpholine rings is 1. The fraction of sp³-hybridized carbons (Fsp3) is 0.500. The largest absolute Gasteiger partial charge is 0.383 e. The van der Waals surface area contributed by atoms with Gasteiger partial charge in [0, 0.05) is 31.2 Å². The lowest BCUT2D eigenvalue weighted by Gasteiger charge is -2.26. The van der Waals surface area contributed by atoms with Crippen molar-refractivity contribution in [3.05, 3.63) is 27.5 Å². The van der Waals surface area contributed by atoms with Gasteiger partial charge in [-0.15, -0.1) is 0 Å². The monoisotopic (exact) mass is 519 g/mol. The second kappa shape index (κ2) is 10.1. The molecule has 1 aliphatic rings. The summed E-state index contributed by atoms with van der Waals surface area (Å²) in [6.45, 7) is 2.34. The Morgan fingerprint density at radius 1 is 1.27 bits per heavy atom. The summed E-state index contributed by atoms with van der Waals surface area (Å²) in [5.41, 5.74) is 0.872. The van der Waals surface area contributed by atoms with E-state index in [4.69, 9.17) is 9.47 Å². The molecule has 3 rings (SSSR count). The molecule has 0 radical (unpaired) electrons. The second-order valence-electron chi connectivity index (χ2n) is 6.67. The number of ether oxygens (including phenoxy) is 2. The van der Waals surface area contributed by atoms with Crippen molar-refractivity contribution in [3.63, 3.8) is 0 Å². The Hall–Kier alpha value is -1.60. The molecule has 0 atom stereocenters. The number of aromatic nitrogens is 1. The maximum Gasteiger partial charge on any atom is 0.263 e. The van der Waals surface area contributed by atoms with Gasteiger partial charge in [0.15, 0.2) is 14.6 Å². The Bertz CT molecular complexity index is 1100. The van der Waals surface area contributed by atoms with Gasteiger partial charge in [0.05, 0.1) is 30.0 Å². The molecular weight excluding hydrogens is 498 g/mol. The van der Waals surface area contributed by atoms with Crippen LogP contribution >= 0.6 is 27.3 Å². The van der Waals surface area contributed by atoms with Gasteiger partial charge in [-0.25, -0.2) is 8.42 Å². The third-order valence-corrected chi connectivity index (χ3v) is 7.34. The minimum atomic E-state index is -3.93. The molecule has 30 heavy (non-hydrogen) atoms. The predicted molar refractivity (Wildman–Crippen MR) is 116 cm³/mol. The van der Waals surface area contributed by atoms with Crippen molar-refractivity contribution in [1.29, 1.82) is 0 Å². The Kier molecular flexibility index (Phi) is 7.80. The molecule has 0 aliphatic carbocycles. The molecule has 1 fully saturated rings. The summed E-state index contributed by atoms with van der Waals surface area (Å²) in [6.07, 6.45) is 0. The van der Waals surface area contributed by atoms with Crippen LogP contribution in [0.1, 0.15) is 0 Å². The van der Waals surface area contributed by atoms with Crippen LogP contribution in [-0.2, 0) is 35.4 Å². The molecule has 12 heteroatoms. The molecule has 1 saturated heterocycles. The van der Waals surface area contributed by atoms with Gasteiger partial charge in [-0.05, 0) is 18.2 Å². The minimum Gasteiger partial charge on any atom is -0.383 e. The van der Waals surface area contributed by atoms with Crippen LogP contribution in [0.2, 0.25) is 0 Å². The average Bonchev–Trinajstić information content (AvgIpc) is 3.01. The number of methoxy groups -OCH3 is 1. The number of amides is 2. The first-order chi connectivity index (χ1) is 14.3. The molecule has 164 valence electrons. The van der Waals surface area contributed by atoms with Crippen molar-refractivity contribution in [3.8, 4) is 0 Å². The zero-order valence-electron chi connectivity index (χ0n) is 16.4. The first-order valence-electron chi connectivity index (χ1n) is 9.20. The molecule has 0 saturated carbocycles. The van der Waals surface area contributed by atoms with Crippen molar-refractivity contribution in [2.45, 2.75) is 6.54 Å². The fourth-order valence-electron chi connectivity index (χ4n) is 3.00. The standard InChI is InChI=1S/C18H22BrN3O6S2/c1-27-7-6-22-14-3-2-13(19)10-15(14)29-18(22)20-16(23)11-30(25,26)12-17(24)21-4-8-28-9-5-21/h2-3,10H,4-9,11-12H2,1H3. The van der Waals surface area contributed by atoms with Gasteiger partial charge in [0.25, 0.3) is 5.91 Å². The highest BCUT2D eigenvalue weighted by Crippen LogP contribution is 2.22. The maximum absolute atomic E-state index is 12.4. The summed E-state index contributed by atoms with van der Waals surface area (Å²) in [5.74, 6) is -2.85. The average molecular weight is 520 g/mol. The number of hydrogen-bond acceptors (Lipinski definition) is 7. The third kappa shape index (κ3) is 5.97. The maximum atomic E-state index is 12.4. The van der Waals surface area contributed by atoms with Crippen molar-refractivity contribution in [1.82, 2.24) is 9.47 Å². The van der Waals surface area contributed by atoms with E-state index in [2.05, 4.69) is 20.9 Å². The molecule has 0 unspecified atom stereocenters. The summed E-state index contributed by atoms with van der Waals surface area (Å²) in [6, 6.07) is 5.68. The van der Waals surface area contributed by atoms with Crippen molar-refractivity contribution in [2.24, 2.45) is 4.99 Å². The summed E-state index contributed by atoms with van der Waals surface area (Å²) < 4.78 is 38.6. The number of rotatable bonds is 7. The number of hydrogen-bond donors (Lipinski definition) is 0. The van der Waals surface area contributed by atoms with Crippen LogP contribution in [-0.4, -0.2) is 81.2 Å². The Morgan fingerprint density at radius 3 is 2.70 bits per heavy atom. The predicted octanol–water partition coefficient (Wildman–Crippen LogP) is 0.813. The molecule has 2 aromatic rings. The van der Waals surface area contributed by atoms with E-state index < -0.39 is 33.2 Å². The highest BCUT2D eigenvalue weighted by Gasteiger charge is 2.25. The van der Waals surface area contributed by atoms with Crippen molar-refractivity contribution < 1.29 is 27.5 Å². The highest BCUT2D eigenvalue weighted by atomic mass is 79.9. The van der Waals surface area contributed by atoms with Crippen LogP contribution in [0.4, 0.5) is 0 Å². The first kappa shape index (κ1) is 23.1. The summed E-state index contributed by atoms with van der Waals surface area (Å²) in [4.78, 5) is 30.5. The van der Waals surface area contributed by atoms with Gasteiger partial charge in [0.2, 0.25) is 5.91 Å². The number of carbonyl (C=O) groups excluding carboxylic acids is 2. The lowest BCUT2D eigenvalue weighted by atomic mass is 10.3. The molecule has 0 N–H and O–H groups in total. The van der Waals surface area contributed by atoms with Crippen molar-refractivity contribution >= 4 is 59.1 Å². The lowest BCUT2D eigenvalue weighted by Crippen LogP contribution is -2.43. The topological polar surface area (TPSA) is 107 Å². The van der Waals surface area contributed by atoms with E-state index in [0.29, 0.717) is 44.3 Å². The molecule has 1 aromatic carbocycles. The first-order valence-corrected chi connectivity index (χ1v) is 12.6. The molecular formula is C18H22BrN3O6S2. The molecule has 0 bridgehead atoms. The van der Waals surface area contributed by atoms with Gasteiger partial charge >= 0.3 is 0 Å². The number of halogens is 1. The van der Waals surface area contributed by atoms with E-state index in [1.807, 2.05) is 22.8 Å². The smallest absolute Gasteiger partial charge is 0.263 e. The Labute approximate surface area is 186 Å². The van der Waals surface area contributed by atoms with E-state index in [1.54, 1.807) is 7.11 Å². The van der Waals surface area contributed by atoms with Crippen LogP contribution in [0.25, 0.3) is 10.2 Å². The minimum absolute atomic E-state index is 0.351. The molecule has 9 nitrogen and oxygen atoms in total. The quantitative estimate of drug-likeness (QED) is 0.535. The Balaban J connectivity index is 1.79. The molecule has 2 amide bonds. The van der Waals surface area contributed by atoms with E-state index in [9.17, 15) is 18.0 Å². The highest BCUT2D eigenvalue weighted by molar-refractivity contribution is 9.10. The van der Waals surface area contributed by atoms with Crippen LogP contribution in [0.3, 0.4) is 0 Å². The molecule has 0 spiro atoms. The van der Waals surface area contributed by atoms with Crippen molar-refractivity contribution in [2.75, 3.05) is 51.5 Å². The van der Waals surface area contributed by atoms with E-state index >= 15 is 0 Å². The molecule has 1 aliphatic heterocycles. The van der Waals surface area contributed by atoms with Gasteiger partial charge in [-0.2, -0.15) is 4.99 Å². The van der Waals surface area contributed by atoms with Crippen LogP contribution in [0.15, 0.2) is 27.7 Å². The van der Waals surface area contributed by atoms with Crippen LogP contribution < -0.4 is 4.80 Å². The zero-order valence-corrected chi connectivity index (χ0v) is 19.6. The van der Waals surface area contributed by atoms with E-state index in [-0.39, 0.29) is 0 Å². The summed E-state index contributed by atoms with van der Waals surface area (Å²) >= 11 is 4.70. The Morgan fingerprint density at radius 2 is 2.00 bits per heavy atom. The van der Waals surface area contributed by atoms with Crippen LogP contribution in [0, 0.1) is 0 Å². The molecule has 1 aromatic heterocycles. The third-order valence-electron chi connectivity index (χ3n) is 4.43. The number of sulfone groups is 1. The fourth-order valence-corrected chi connectivity index (χ4v) is 5.73. The van der Waals surface area contributed by atoms with Gasteiger partial charge in [-0.1, -0.05) is 27.3 Å². The van der Waals surface area contributed by atoms with Crippen LogP contribution in [0.5, 0.6) is 0 Å². The van der Waals surface area contributed by atoms with Gasteiger partial charge in [0.1, 0.15) is 11.5 Å². The normalized spacial score (nSPS) is 15.7. The number of thiazole rings is 1.